The van der Waals surface area contributed by atoms with Gasteiger partial charge in [0.25, 0.3) is 0 Å². The van der Waals surface area contributed by atoms with Gasteiger partial charge in [0.1, 0.15) is 18.1 Å². The van der Waals surface area contributed by atoms with E-state index in [0.717, 1.165) is 16.7 Å². The first kappa shape index (κ1) is 18.6. The Morgan fingerprint density at radius 2 is 1.82 bits per heavy atom. The number of hydrogen-bond acceptors (Lipinski definition) is 3. The number of ether oxygens (including phenoxy) is 2. The van der Waals surface area contributed by atoms with Crippen LogP contribution in [0.25, 0.3) is 6.08 Å². The smallest absolute Gasteiger partial charge is 0.231 e. The van der Waals surface area contributed by atoms with E-state index in [1.54, 1.807) is 36.4 Å². The van der Waals surface area contributed by atoms with E-state index < -0.39 is 0 Å². The molecule has 0 N–H and O–H groups in total. The molecule has 0 unspecified atom stereocenters. The zero-order valence-corrected chi connectivity index (χ0v) is 16.6. The summed E-state index contributed by atoms with van der Waals surface area (Å²) in [5.41, 5.74) is 3.46. The van der Waals surface area contributed by atoms with E-state index in [9.17, 15) is 4.79 Å². The SMILES string of the molecule is Cc1ccccc1/C=C1\Oc2cc(OCc3ccc(Cl)c(Cl)c3)ccc2C1=O. The standard InChI is InChI=1S/C23H16Cl2O3/c1-14-4-2-3-5-16(14)11-22-23(26)18-8-7-17(12-21(18)28-22)27-13-15-6-9-19(24)20(25)10-15/h2-12H,13H2,1H3/b22-11-. The molecule has 1 heterocycles. The van der Waals surface area contributed by atoms with Crippen LogP contribution in [-0.2, 0) is 6.61 Å². The molecular weight excluding hydrogens is 395 g/mol. The number of rotatable bonds is 4. The Bertz CT molecular complexity index is 1100. The van der Waals surface area contributed by atoms with Gasteiger partial charge in [-0.05, 0) is 54.0 Å². The second-order valence-electron chi connectivity index (χ2n) is 6.49. The number of ketones is 1. The third kappa shape index (κ3) is 3.77. The van der Waals surface area contributed by atoms with Crippen LogP contribution in [0, 0.1) is 6.92 Å². The monoisotopic (exact) mass is 410 g/mol. The fourth-order valence-electron chi connectivity index (χ4n) is 2.94. The van der Waals surface area contributed by atoms with E-state index in [1.165, 1.54) is 0 Å². The number of benzene rings is 3. The first-order valence-corrected chi connectivity index (χ1v) is 9.47. The van der Waals surface area contributed by atoms with E-state index in [0.29, 0.717) is 39.5 Å². The summed E-state index contributed by atoms with van der Waals surface area (Å²) in [5, 5.41) is 0.986. The summed E-state index contributed by atoms with van der Waals surface area (Å²) in [7, 11) is 0. The second kappa shape index (κ2) is 7.70. The van der Waals surface area contributed by atoms with Crippen molar-refractivity contribution < 1.29 is 14.3 Å². The number of aryl methyl sites for hydroxylation is 1. The zero-order valence-electron chi connectivity index (χ0n) is 15.0. The van der Waals surface area contributed by atoms with Crippen molar-refractivity contribution >= 4 is 35.1 Å². The lowest BCUT2D eigenvalue weighted by atomic mass is 10.1. The highest BCUT2D eigenvalue weighted by Gasteiger charge is 2.27. The highest BCUT2D eigenvalue weighted by molar-refractivity contribution is 6.42. The molecule has 28 heavy (non-hydrogen) atoms. The van der Waals surface area contributed by atoms with Crippen LogP contribution in [0.4, 0.5) is 0 Å². The molecule has 3 nitrogen and oxygen atoms in total. The molecule has 0 aliphatic carbocycles. The molecule has 0 atom stereocenters. The van der Waals surface area contributed by atoms with Gasteiger partial charge in [-0.1, -0.05) is 53.5 Å². The normalized spacial score (nSPS) is 14.1. The molecule has 5 heteroatoms. The maximum absolute atomic E-state index is 12.6. The molecule has 0 saturated carbocycles. The number of fused-ring (bicyclic) bond motifs is 1. The molecule has 0 saturated heterocycles. The molecule has 140 valence electrons. The summed E-state index contributed by atoms with van der Waals surface area (Å²) in [6.07, 6.45) is 1.77. The third-order valence-corrected chi connectivity index (χ3v) is 5.25. The van der Waals surface area contributed by atoms with Crippen LogP contribution in [-0.4, -0.2) is 5.78 Å². The van der Waals surface area contributed by atoms with Gasteiger partial charge in [0.05, 0.1) is 15.6 Å². The van der Waals surface area contributed by atoms with Crippen molar-refractivity contribution in [3.8, 4) is 11.5 Å². The third-order valence-electron chi connectivity index (χ3n) is 4.51. The van der Waals surface area contributed by atoms with Gasteiger partial charge in [-0.2, -0.15) is 0 Å². The lowest BCUT2D eigenvalue weighted by Crippen LogP contribution is -1.98. The molecule has 0 radical (unpaired) electrons. The molecule has 0 fully saturated rings. The topological polar surface area (TPSA) is 35.5 Å². The van der Waals surface area contributed by atoms with Crippen molar-refractivity contribution in [2.45, 2.75) is 13.5 Å². The summed E-state index contributed by atoms with van der Waals surface area (Å²) < 4.78 is 11.6. The maximum atomic E-state index is 12.6. The fraction of sp³-hybridized carbons (Fsp3) is 0.0870. The van der Waals surface area contributed by atoms with Crippen molar-refractivity contribution in [1.29, 1.82) is 0 Å². The Labute approximate surface area is 173 Å². The molecule has 1 aliphatic rings. The molecule has 3 aromatic carbocycles. The van der Waals surface area contributed by atoms with Crippen LogP contribution in [0.1, 0.15) is 27.0 Å². The van der Waals surface area contributed by atoms with Gasteiger partial charge in [0.15, 0.2) is 5.76 Å². The van der Waals surface area contributed by atoms with Crippen molar-refractivity contribution in [2.24, 2.45) is 0 Å². The van der Waals surface area contributed by atoms with Crippen molar-refractivity contribution in [3.05, 3.63) is 98.7 Å². The largest absolute Gasteiger partial charge is 0.489 e. The van der Waals surface area contributed by atoms with Gasteiger partial charge in [-0.25, -0.2) is 0 Å². The quantitative estimate of drug-likeness (QED) is 0.460. The molecule has 1 aliphatic heterocycles. The highest BCUT2D eigenvalue weighted by atomic mass is 35.5. The summed E-state index contributed by atoms with van der Waals surface area (Å²) in [5.74, 6) is 1.28. The van der Waals surface area contributed by atoms with Gasteiger partial charge in [-0.15, -0.1) is 0 Å². The summed E-state index contributed by atoms with van der Waals surface area (Å²) >= 11 is 12.0. The van der Waals surface area contributed by atoms with Crippen LogP contribution in [0.2, 0.25) is 10.0 Å². The fourth-order valence-corrected chi connectivity index (χ4v) is 3.26. The predicted molar refractivity (Wildman–Crippen MR) is 111 cm³/mol. The van der Waals surface area contributed by atoms with E-state index in [1.807, 2.05) is 37.3 Å². The van der Waals surface area contributed by atoms with E-state index in [4.69, 9.17) is 32.7 Å². The Morgan fingerprint density at radius 1 is 1.00 bits per heavy atom. The van der Waals surface area contributed by atoms with Gasteiger partial charge in [0.2, 0.25) is 5.78 Å². The Balaban J connectivity index is 1.52. The van der Waals surface area contributed by atoms with Crippen molar-refractivity contribution in [2.75, 3.05) is 0 Å². The predicted octanol–water partition coefficient (Wildman–Crippen LogP) is 6.50. The Morgan fingerprint density at radius 3 is 2.61 bits per heavy atom. The molecular formula is C23H16Cl2O3. The molecule has 0 aromatic heterocycles. The first-order valence-electron chi connectivity index (χ1n) is 8.72. The number of carbonyl (C=O) groups is 1. The number of hydrogen-bond donors (Lipinski definition) is 0. The van der Waals surface area contributed by atoms with Crippen LogP contribution >= 0.6 is 23.2 Å². The minimum absolute atomic E-state index is 0.130. The zero-order chi connectivity index (χ0) is 19.7. The Kier molecular flexibility index (Phi) is 5.12. The van der Waals surface area contributed by atoms with Crippen LogP contribution in [0.15, 0.2) is 66.4 Å². The van der Waals surface area contributed by atoms with Crippen molar-refractivity contribution in [1.82, 2.24) is 0 Å². The van der Waals surface area contributed by atoms with Gasteiger partial charge in [-0.3, -0.25) is 4.79 Å². The van der Waals surface area contributed by atoms with Gasteiger partial charge >= 0.3 is 0 Å². The molecule has 0 amide bonds. The number of allylic oxidation sites excluding steroid dienone is 1. The number of Topliss-reactive ketones (excluding diaryl/α,β-unsaturated/α-hetero) is 1. The van der Waals surface area contributed by atoms with Gasteiger partial charge in [0, 0.05) is 6.07 Å². The molecule has 3 aromatic rings. The van der Waals surface area contributed by atoms with E-state index in [-0.39, 0.29) is 5.78 Å². The molecule has 0 bridgehead atoms. The van der Waals surface area contributed by atoms with E-state index >= 15 is 0 Å². The van der Waals surface area contributed by atoms with Crippen LogP contribution in [0.5, 0.6) is 11.5 Å². The summed E-state index contributed by atoms with van der Waals surface area (Å²) in [4.78, 5) is 12.6. The van der Waals surface area contributed by atoms with Crippen LogP contribution < -0.4 is 9.47 Å². The number of carbonyl (C=O) groups excluding carboxylic acids is 1. The average molecular weight is 411 g/mol. The Hall–Kier alpha value is -2.75. The minimum atomic E-state index is -0.130. The minimum Gasteiger partial charge on any atom is -0.489 e. The van der Waals surface area contributed by atoms with Crippen molar-refractivity contribution in [3.63, 3.8) is 0 Å². The molecule has 0 spiro atoms. The van der Waals surface area contributed by atoms with E-state index in [2.05, 4.69) is 0 Å². The average Bonchev–Trinajstić information content (AvgIpc) is 2.99. The lowest BCUT2D eigenvalue weighted by molar-refractivity contribution is 0.101. The first-order chi connectivity index (χ1) is 13.5. The second-order valence-corrected chi connectivity index (χ2v) is 7.31. The lowest BCUT2D eigenvalue weighted by Gasteiger charge is -2.08. The van der Waals surface area contributed by atoms with Crippen LogP contribution in [0.3, 0.4) is 0 Å². The number of halogens is 2. The molecule has 4 rings (SSSR count). The summed E-state index contributed by atoms with van der Waals surface area (Å²) in [6, 6.07) is 18.4. The van der Waals surface area contributed by atoms with Gasteiger partial charge < -0.3 is 9.47 Å². The summed E-state index contributed by atoms with van der Waals surface area (Å²) in [6.45, 7) is 2.32. The highest BCUT2D eigenvalue weighted by Crippen LogP contribution is 2.35. The maximum Gasteiger partial charge on any atom is 0.231 e.